The lowest BCUT2D eigenvalue weighted by molar-refractivity contribution is -0.384. The molecule has 0 aliphatic heterocycles. The fourth-order valence-corrected chi connectivity index (χ4v) is 2.33. The number of nitrogens with one attached hydrogen (secondary N) is 2. The standard InChI is InChI=1S/C9H7FN4O4S/c10-6-2-1-3-7(14(15)16)9(6)13-19(17,18)8-4-11-5-12-8/h1-5,13H,(H,11,12). The molecule has 2 rings (SSSR count). The van der Waals surface area contributed by atoms with Gasteiger partial charge in [0.15, 0.2) is 16.5 Å². The van der Waals surface area contributed by atoms with Gasteiger partial charge in [0, 0.05) is 6.07 Å². The van der Waals surface area contributed by atoms with Crippen LogP contribution in [-0.2, 0) is 10.0 Å². The minimum Gasteiger partial charge on any atom is -0.334 e. The Morgan fingerprint density at radius 2 is 2.16 bits per heavy atom. The number of H-pyrrole nitrogens is 1. The van der Waals surface area contributed by atoms with Crippen LogP contribution in [0.4, 0.5) is 15.8 Å². The third-order valence-electron chi connectivity index (χ3n) is 2.19. The highest BCUT2D eigenvalue weighted by atomic mass is 32.2. The van der Waals surface area contributed by atoms with Gasteiger partial charge in [-0.05, 0) is 6.07 Å². The highest BCUT2D eigenvalue weighted by Gasteiger charge is 2.24. The molecule has 2 N–H and O–H groups in total. The van der Waals surface area contributed by atoms with E-state index in [9.17, 15) is 22.9 Å². The maximum Gasteiger partial charge on any atom is 0.296 e. The number of nitro groups is 1. The van der Waals surface area contributed by atoms with Crippen molar-refractivity contribution in [3.05, 3.63) is 46.7 Å². The molecule has 19 heavy (non-hydrogen) atoms. The van der Waals surface area contributed by atoms with Gasteiger partial charge < -0.3 is 4.98 Å². The normalized spacial score (nSPS) is 11.2. The molecule has 1 heterocycles. The van der Waals surface area contributed by atoms with Crippen molar-refractivity contribution < 1.29 is 17.7 Å². The zero-order valence-corrected chi connectivity index (χ0v) is 10.0. The van der Waals surface area contributed by atoms with E-state index in [2.05, 4.69) is 9.97 Å². The number of nitro benzene ring substituents is 1. The average molecular weight is 286 g/mol. The van der Waals surface area contributed by atoms with E-state index in [1.807, 2.05) is 4.72 Å². The van der Waals surface area contributed by atoms with Gasteiger partial charge in [-0.3, -0.25) is 14.8 Å². The Morgan fingerprint density at radius 3 is 2.74 bits per heavy atom. The Kier molecular flexibility index (Phi) is 3.17. The first-order valence-electron chi connectivity index (χ1n) is 4.86. The maximum absolute atomic E-state index is 13.5. The first-order chi connectivity index (χ1) is 8.92. The summed E-state index contributed by atoms with van der Waals surface area (Å²) >= 11 is 0. The molecule has 1 aromatic carbocycles. The van der Waals surface area contributed by atoms with Gasteiger partial charge in [-0.2, -0.15) is 8.42 Å². The quantitative estimate of drug-likeness (QED) is 0.648. The van der Waals surface area contributed by atoms with Crippen LogP contribution in [0.15, 0.2) is 35.7 Å². The summed E-state index contributed by atoms with van der Waals surface area (Å²) in [5.74, 6) is -1.04. The molecule has 0 fully saturated rings. The van der Waals surface area contributed by atoms with Gasteiger partial charge in [0.25, 0.3) is 15.7 Å². The minimum atomic E-state index is -4.16. The number of halogens is 1. The van der Waals surface area contributed by atoms with Crippen LogP contribution in [0.3, 0.4) is 0 Å². The molecule has 100 valence electrons. The van der Waals surface area contributed by atoms with E-state index in [1.165, 1.54) is 0 Å². The number of rotatable bonds is 4. The number of hydrogen-bond acceptors (Lipinski definition) is 5. The molecule has 0 aliphatic carbocycles. The molecule has 2 aromatic rings. The van der Waals surface area contributed by atoms with Crippen molar-refractivity contribution in [2.45, 2.75) is 5.03 Å². The van der Waals surface area contributed by atoms with Crippen molar-refractivity contribution in [3.63, 3.8) is 0 Å². The Hall–Kier alpha value is -2.49. The average Bonchev–Trinajstić information content (AvgIpc) is 2.85. The van der Waals surface area contributed by atoms with Gasteiger partial charge in [0.2, 0.25) is 0 Å². The van der Waals surface area contributed by atoms with Crippen LogP contribution in [0.5, 0.6) is 0 Å². The second-order valence-corrected chi connectivity index (χ2v) is 5.06. The van der Waals surface area contributed by atoms with Gasteiger partial charge in [-0.15, -0.1) is 0 Å². The van der Waals surface area contributed by atoms with Crippen LogP contribution in [0.25, 0.3) is 0 Å². The van der Waals surface area contributed by atoms with Gasteiger partial charge in [-0.25, -0.2) is 9.37 Å². The highest BCUT2D eigenvalue weighted by molar-refractivity contribution is 7.92. The lowest BCUT2D eigenvalue weighted by atomic mass is 10.2. The van der Waals surface area contributed by atoms with Gasteiger partial charge in [-0.1, -0.05) is 6.07 Å². The Labute approximate surface area is 106 Å². The lowest BCUT2D eigenvalue weighted by Gasteiger charge is -2.07. The van der Waals surface area contributed by atoms with Crippen LogP contribution < -0.4 is 4.72 Å². The minimum absolute atomic E-state index is 0.329. The molecular formula is C9H7FN4O4S. The predicted molar refractivity (Wildman–Crippen MR) is 62.5 cm³/mol. The largest absolute Gasteiger partial charge is 0.334 e. The molecule has 0 saturated heterocycles. The fourth-order valence-electron chi connectivity index (χ4n) is 1.35. The van der Waals surface area contributed by atoms with Crippen LogP contribution in [0, 0.1) is 15.9 Å². The van der Waals surface area contributed by atoms with Crippen LogP contribution in [0.2, 0.25) is 0 Å². The van der Waals surface area contributed by atoms with Crippen molar-refractivity contribution in [1.82, 2.24) is 9.97 Å². The Bertz CT molecular complexity index is 714. The summed E-state index contributed by atoms with van der Waals surface area (Å²) in [6.07, 6.45) is 2.11. The molecule has 0 bridgehead atoms. The van der Waals surface area contributed by atoms with Crippen LogP contribution in [-0.4, -0.2) is 23.3 Å². The summed E-state index contributed by atoms with van der Waals surface area (Å²) in [6, 6.07) is 3.02. The summed E-state index contributed by atoms with van der Waals surface area (Å²) < 4.78 is 39.0. The van der Waals surface area contributed by atoms with Crippen molar-refractivity contribution in [1.29, 1.82) is 0 Å². The third kappa shape index (κ3) is 2.52. The highest BCUT2D eigenvalue weighted by Crippen LogP contribution is 2.28. The zero-order chi connectivity index (χ0) is 14.0. The molecular weight excluding hydrogens is 279 g/mol. The first kappa shape index (κ1) is 13.0. The smallest absolute Gasteiger partial charge is 0.296 e. The number of benzene rings is 1. The number of hydrogen-bond donors (Lipinski definition) is 2. The van der Waals surface area contributed by atoms with Gasteiger partial charge in [0.05, 0.1) is 17.4 Å². The van der Waals surface area contributed by atoms with E-state index >= 15 is 0 Å². The number of nitrogens with zero attached hydrogens (tertiary/aromatic N) is 2. The van der Waals surface area contributed by atoms with E-state index in [4.69, 9.17) is 0 Å². The topological polar surface area (TPSA) is 118 Å². The first-order valence-corrected chi connectivity index (χ1v) is 6.34. The SMILES string of the molecule is O=[N+]([O-])c1cccc(F)c1NS(=O)(=O)c1cnc[nH]1. The molecule has 0 saturated carbocycles. The Balaban J connectivity index is 2.48. The summed E-state index contributed by atoms with van der Waals surface area (Å²) in [4.78, 5) is 15.7. The molecule has 0 unspecified atom stereocenters. The van der Waals surface area contributed by atoms with Crippen molar-refractivity contribution in [2.24, 2.45) is 0 Å². The molecule has 8 nitrogen and oxygen atoms in total. The molecule has 1 aromatic heterocycles. The number of aromatic amines is 1. The van der Waals surface area contributed by atoms with Crippen molar-refractivity contribution in [2.75, 3.05) is 4.72 Å². The Morgan fingerprint density at radius 1 is 1.42 bits per heavy atom. The molecule has 0 amide bonds. The van der Waals surface area contributed by atoms with E-state index in [1.54, 1.807) is 0 Å². The third-order valence-corrected chi connectivity index (χ3v) is 3.46. The van der Waals surface area contributed by atoms with Crippen molar-refractivity contribution >= 4 is 21.4 Å². The second-order valence-electron chi connectivity index (χ2n) is 3.41. The van der Waals surface area contributed by atoms with E-state index in [0.29, 0.717) is 0 Å². The summed E-state index contributed by atoms with van der Waals surface area (Å²) in [6.45, 7) is 0. The molecule has 0 radical (unpaired) electrons. The number of imidazole rings is 1. The predicted octanol–water partition coefficient (Wildman–Crippen LogP) is 1.26. The summed E-state index contributed by atoms with van der Waals surface area (Å²) in [5, 5.41) is 10.4. The van der Waals surface area contributed by atoms with E-state index in [0.717, 1.165) is 30.7 Å². The summed E-state index contributed by atoms with van der Waals surface area (Å²) in [5.41, 5.74) is -1.40. The maximum atomic E-state index is 13.5. The molecule has 10 heteroatoms. The van der Waals surface area contributed by atoms with Gasteiger partial charge in [0.1, 0.15) is 0 Å². The fraction of sp³-hybridized carbons (Fsp3) is 0. The summed E-state index contributed by atoms with van der Waals surface area (Å²) in [7, 11) is -4.16. The second kappa shape index (κ2) is 4.65. The number of aromatic nitrogens is 2. The number of sulfonamides is 1. The van der Waals surface area contributed by atoms with Crippen LogP contribution in [0.1, 0.15) is 0 Å². The van der Waals surface area contributed by atoms with Gasteiger partial charge >= 0.3 is 0 Å². The monoisotopic (exact) mass is 286 g/mol. The molecule has 0 atom stereocenters. The number of para-hydroxylation sites is 1. The zero-order valence-electron chi connectivity index (χ0n) is 9.20. The van der Waals surface area contributed by atoms with E-state index < -0.39 is 32.1 Å². The van der Waals surface area contributed by atoms with Crippen LogP contribution >= 0.6 is 0 Å². The van der Waals surface area contributed by atoms with E-state index in [-0.39, 0.29) is 5.03 Å². The lowest BCUT2D eigenvalue weighted by Crippen LogP contribution is -2.15. The molecule has 0 aliphatic rings. The van der Waals surface area contributed by atoms with Crippen molar-refractivity contribution in [3.8, 4) is 0 Å². The number of anilines is 1. The molecule has 0 spiro atoms.